The average molecular weight is 515 g/mol. The van der Waals surface area contributed by atoms with Crippen LogP contribution in [0.15, 0.2) is 30.3 Å². The molecule has 1 aromatic carbocycles. The molecule has 1 heterocycles. The molecular weight excluding hydrogens is 487 g/mol. The number of nitrogens with zero attached hydrogens (tertiary/aromatic N) is 2. The molecule has 0 N–H and O–H groups in total. The topological polar surface area (TPSA) is 96.7 Å². The van der Waals surface area contributed by atoms with Crippen molar-refractivity contribution in [2.24, 2.45) is 0 Å². The smallest absolute Gasteiger partial charge is 0.356 e. The summed E-state index contributed by atoms with van der Waals surface area (Å²) in [4.78, 5) is 34.4. The van der Waals surface area contributed by atoms with Crippen LogP contribution < -0.4 is 0 Å². The van der Waals surface area contributed by atoms with Crippen LogP contribution in [0, 0.1) is 5.82 Å². The van der Waals surface area contributed by atoms with Crippen LogP contribution >= 0.6 is 15.9 Å². The van der Waals surface area contributed by atoms with Gasteiger partial charge in [0.1, 0.15) is 22.4 Å². The Morgan fingerprint density at radius 3 is 1.97 bits per heavy atom. The van der Waals surface area contributed by atoms with E-state index >= 15 is 0 Å². The van der Waals surface area contributed by atoms with Crippen LogP contribution in [0.3, 0.4) is 0 Å². The van der Waals surface area contributed by atoms with Gasteiger partial charge in [0.25, 0.3) is 0 Å². The van der Waals surface area contributed by atoms with Gasteiger partial charge in [0, 0.05) is 5.56 Å². The summed E-state index contributed by atoms with van der Waals surface area (Å²) in [6, 6.07) is 6.41. The van der Waals surface area contributed by atoms with E-state index in [1.165, 1.54) is 22.9 Å². The molecule has 0 fully saturated rings. The summed E-state index contributed by atoms with van der Waals surface area (Å²) in [5.74, 6) is -1.66. The standard InChI is InChI=1S/C17H19FN2O4.C5H9BrO2/c1-4-23-16(21)11(3)20-15(17(22)24-5-2)10-14(19-20)12-6-8-13(18)9-7-12;1-3-8-5(7)4(2)6/h6-11H,4-5H2,1-3H3;4H,3H2,1-2H3. The second kappa shape index (κ2) is 13.6. The Morgan fingerprint density at radius 2 is 1.50 bits per heavy atom. The van der Waals surface area contributed by atoms with E-state index in [4.69, 9.17) is 9.47 Å². The van der Waals surface area contributed by atoms with Crippen LogP contribution in [-0.4, -0.2) is 52.3 Å². The molecule has 2 atom stereocenters. The van der Waals surface area contributed by atoms with E-state index in [0.717, 1.165) is 0 Å². The van der Waals surface area contributed by atoms with E-state index in [2.05, 4.69) is 25.8 Å². The maximum Gasteiger partial charge on any atom is 0.356 e. The molecule has 10 heteroatoms. The molecule has 1 aromatic heterocycles. The van der Waals surface area contributed by atoms with E-state index < -0.39 is 18.0 Å². The van der Waals surface area contributed by atoms with Gasteiger partial charge >= 0.3 is 17.9 Å². The zero-order valence-corrected chi connectivity index (χ0v) is 20.3. The third-order valence-corrected chi connectivity index (χ3v) is 4.34. The largest absolute Gasteiger partial charge is 0.465 e. The van der Waals surface area contributed by atoms with Gasteiger partial charge in [-0.1, -0.05) is 15.9 Å². The van der Waals surface area contributed by atoms with E-state index in [-0.39, 0.29) is 35.5 Å². The quantitative estimate of drug-likeness (QED) is 0.294. The fourth-order valence-electron chi connectivity index (χ4n) is 2.43. The number of esters is 3. The molecule has 0 saturated heterocycles. The van der Waals surface area contributed by atoms with Crippen molar-refractivity contribution in [1.29, 1.82) is 0 Å². The van der Waals surface area contributed by atoms with Gasteiger partial charge in [-0.15, -0.1) is 0 Å². The van der Waals surface area contributed by atoms with Crippen LogP contribution in [0.4, 0.5) is 4.39 Å². The van der Waals surface area contributed by atoms with E-state index in [1.54, 1.807) is 46.8 Å². The maximum absolute atomic E-state index is 13.1. The number of alkyl halides is 1. The summed E-state index contributed by atoms with van der Waals surface area (Å²) in [6.07, 6.45) is 0. The summed E-state index contributed by atoms with van der Waals surface area (Å²) in [5.41, 5.74) is 1.20. The van der Waals surface area contributed by atoms with Crippen molar-refractivity contribution in [3.63, 3.8) is 0 Å². The molecule has 0 bridgehead atoms. The lowest BCUT2D eigenvalue weighted by atomic mass is 10.1. The molecule has 0 aliphatic rings. The summed E-state index contributed by atoms with van der Waals surface area (Å²) in [5, 5.41) is 4.31. The first-order valence-electron chi connectivity index (χ1n) is 10.2. The van der Waals surface area contributed by atoms with Crippen molar-refractivity contribution in [1.82, 2.24) is 9.78 Å². The fourth-order valence-corrected chi connectivity index (χ4v) is 2.56. The number of ether oxygens (including phenoxy) is 3. The fraction of sp³-hybridized carbons (Fsp3) is 0.455. The molecule has 2 rings (SSSR count). The number of carbonyl (C=O) groups is 3. The minimum absolute atomic E-state index is 0.136. The predicted molar refractivity (Wildman–Crippen MR) is 120 cm³/mol. The normalized spacial score (nSPS) is 12.1. The molecule has 0 amide bonds. The van der Waals surface area contributed by atoms with Crippen LogP contribution in [0.2, 0.25) is 0 Å². The number of halogens is 2. The number of carbonyl (C=O) groups excluding carboxylic acids is 3. The van der Waals surface area contributed by atoms with Crippen molar-refractivity contribution in [2.45, 2.75) is 45.5 Å². The highest BCUT2D eigenvalue weighted by Gasteiger charge is 2.25. The Bertz CT molecular complexity index is 898. The number of hydrogen-bond acceptors (Lipinski definition) is 7. The highest BCUT2D eigenvalue weighted by atomic mass is 79.9. The van der Waals surface area contributed by atoms with Gasteiger partial charge < -0.3 is 14.2 Å². The van der Waals surface area contributed by atoms with Crippen LogP contribution in [-0.2, 0) is 23.8 Å². The number of hydrogen-bond donors (Lipinski definition) is 0. The Labute approximate surface area is 195 Å². The number of aromatic nitrogens is 2. The molecular formula is C22H28BrFN2O6. The molecule has 176 valence electrons. The van der Waals surface area contributed by atoms with Crippen molar-refractivity contribution in [2.75, 3.05) is 19.8 Å². The van der Waals surface area contributed by atoms with Crippen molar-refractivity contribution in [3.05, 3.63) is 41.8 Å². The number of rotatable bonds is 8. The Hall–Kier alpha value is -2.75. The highest BCUT2D eigenvalue weighted by Crippen LogP contribution is 2.23. The zero-order chi connectivity index (χ0) is 24.3. The summed E-state index contributed by atoms with van der Waals surface area (Å²) in [6.45, 7) is 9.37. The van der Waals surface area contributed by atoms with E-state index in [9.17, 15) is 18.8 Å². The summed E-state index contributed by atoms with van der Waals surface area (Å²) < 4.78 is 29.0. The monoisotopic (exact) mass is 514 g/mol. The second-order valence-electron chi connectivity index (χ2n) is 6.38. The van der Waals surface area contributed by atoms with Gasteiger partial charge in [0.05, 0.1) is 25.5 Å². The molecule has 32 heavy (non-hydrogen) atoms. The Morgan fingerprint density at radius 1 is 0.969 bits per heavy atom. The molecule has 0 saturated carbocycles. The van der Waals surface area contributed by atoms with Gasteiger partial charge in [-0.25, -0.2) is 18.7 Å². The van der Waals surface area contributed by atoms with Crippen molar-refractivity contribution in [3.8, 4) is 11.3 Å². The Kier molecular flexibility index (Phi) is 11.6. The predicted octanol–water partition coefficient (Wildman–Crippen LogP) is 4.32. The van der Waals surface area contributed by atoms with Gasteiger partial charge in [0.15, 0.2) is 0 Å². The first kappa shape index (κ1) is 27.3. The first-order valence-corrected chi connectivity index (χ1v) is 11.1. The van der Waals surface area contributed by atoms with Gasteiger partial charge in [-0.05, 0) is 65.0 Å². The van der Waals surface area contributed by atoms with Crippen LogP contribution in [0.25, 0.3) is 11.3 Å². The molecule has 2 unspecified atom stereocenters. The molecule has 0 aliphatic heterocycles. The molecule has 2 aromatic rings. The minimum Gasteiger partial charge on any atom is -0.465 e. The highest BCUT2D eigenvalue weighted by molar-refractivity contribution is 9.10. The van der Waals surface area contributed by atoms with E-state index in [1.807, 2.05) is 0 Å². The van der Waals surface area contributed by atoms with Gasteiger partial charge in [-0.2, -0.15) is 5.10 Å². The lowest BCUT2D eigenvalue weighted by Gasteiger charge is -2.13. The van der Waals surface area contributed by atoms with Gasteiger partial charge in [-0.3, -0.25) is 4.79 Å². The second-order valence-corrected chi connectivity index (χ2v) is 7.76. The van der Waals surface area contributed by atoms with Crippen molar-refractivity contribution >= 4 is 33.8 Å². The third kappa shape index (κ3) is 8.07. The average Bonchev–Trinajstić information content (AvgIpc) is 3.20. The van der Waals surface area contributed by atoms with Gasteiger partial charge in [0.2, 0.25) is 0 Å². The summed E-state index contributed by atoms with van der Waals surface area (Å²) in [7, 11) is 0. The van der Waals surface area contributed by atoms with E-state index in [0.29, 0.717) is 17.9 Å². The minimum atomic E-state index is -0.793. The van der Waals surface area contributed by atoms with Crippen LogP contribution in [0.1, 0.15) is 51.1 Å². The SMILES string of the molecule is CCOC(=O)C(C)Br.CCOC(=O)c1cc(-c2ccc(F)cc2)nn1C(C)C(=O)OCC. The molecule has 8 nitrogen and oxygen atoms in total. The molecule has 0 radical (unpaired) electrons. The first-order chi connectivity index (χ1) is 15.2. The number of benzene rings is 1. The lowest BCUT2D eigenvalue weighted by Crippen LogP contribution is -2.24. The van der Waals surface area contributed by atoms with Crippen molar-refractivity contribution < 1.29 is 33.0 Å². The third-order valence-electron chi connectivity index (χ3n) is 3.97. The Balaban J connectivity index is 0.000000547. The lowest BCUT2D eigenvalue weighted by molar-refractivity contribution is -0.147. The molecule has 0 spiro atoms. The molecule has 0 aliphatic carbocycles. The summed E-state index contributed by atoms with van der Waals surface area (Å²) >= 11 is 3.07. The zero-order valence-electron chi connectivity index (χ0n) is 18.8. The maximum atomic E-state index is 13.1. The van der Waals surface area contributed by atoms with Crippen LogP contribution in [0.5, 0.6) is 0 Å².